The number of hydrogen-bond donors (Lipinski definition) is 0. The third-order valence-electron chi connectivity index (χ3n) is 7.96. The molecule has 0 saturated heterocycles. The summed E-state index contributed by atoms with van der Waals surface area (Å²) < 4.78 is 15.7. The van der Waals surface area contributed by atoms with Gasteiger partial charge in [-0.05, 0) is 75.4 Å². The van der Waals surface area contributed by atoms with Gasteiger partial charge in [0.2, 0.25) is 0 Å². The molecule has 0 atom stereocenters. The van der Waals surface area contributed by atoms with Gasteiger partial charge in [0.05, 0.1) is 5.69 Å². The third kappa shape index (κ3) is 4.52. The Morgan fingerprint density at radius 1 is 0.625 bits per heavy atom. The standard InChI is InChI=1S/C38H37NO/c1-23(2)28-20-33-32-17-11-16-31(26-12-8-7-9-13-26)37(32)40-38(33)34(21-28)35-22-27(18-19-39-35)36-29(24(3)4)14-10-15-30(36)25(5)6/h7-25H,1-6H3/i23D. The van der Waals surface area contributed by atoms with Crippen LogP contribution in [0, 0.1) is 0 Å². The number of pyridine rings is 1. The molecule has 0 aliphatic heterocycles. The van der Waals surface area contributed by atoms with Crippen LogP contribution in [-0.4, -0.2) is 4.98 Å². The number of hydrogen-bond acceptors (Lipinski definition) is 2. The Labute approximate surface area is 239 Å². The molecule has 0 spiro atoms. The Bertz CT molecular complexity index is 1850. The van der Waals surface area contributed by atoms with E-state index in [1.54, 1.807) is 0 Å². The zero-order valence-corrected chi connectivity index (χ0v) is 24.2. The fourth-order valence-electron chi connectivity index (χ4n) is 5.84. The van der Waals surface area contributed by atoms with Gasteiger partial charge in [-0.3, -0.25) is 4.98 Å². The van der Waals surface area contributed by atoms with Crippen LogP contribution in [0.15, 0.2) is 102 Å². The minimum atomic E-state index is -0.782. The molecule has 0 radical (unpaired) electrons. The summed E-state index contributed by atoms with van der Waals surface area (Å²) in [5, 5.41) is 2.07. The number of aromatic nitrogens is 1. The molecular formula is C38H37NO. The van der Waals surface area contributed by atoms with Crippen LogP contribution in [-0.2, 0) is 0 Å². The average Bonchev–Trinajstić information content (AvgIpc) is 3.35. The Morgan fingerprint density at radius 3 is 1.98 bits per heavy atom. The summed E-state index contributed by atoms with van der Waals surface area (Å²) in [7, 11) is 0. The number of nitrogens with zero attached hydrogens (tertiary/aromatic N) is 1. The van der Waals surface area contributed by atoms with Gasteiger partial charge in [-0.25, -0.2) is 0 Å². The SMILES string of the molecule is [2H]C(C)(C)c1cc(-c2cc(-c3c(C(C)C)cccc3C(C)C)ccn2)c2oc3c(-c4ccccc4)cccc3c2c1. The van der Waals surface area contributed by atoms with Crippen molar-refractivity contribution in [2.75, 3.05) is 0 Å². The van der Waals surface area contributed by atoms with E-state index in [1.165, 1.54) is 16.7 Å². The molecule has 0 fully saturated rings. The molecule has 2 nitrogen and oxygen atoms in total. The van der Waals surface area contributed by atoms with Gasteiger partial charge < -0.3 is 4.42 Å². The molecule has 200 valence electrons. The van der Waals surface area contributed by atoms with Crippen LogP contribution in [0.5, 0.6) is 0 Å². The first kappa shape index (κ1) is 24.8. The van der Waals surface area contributed by atoms with Gasteiger partial charge in [-0.1, -0.05) is 108 Å². The van der Waals surface area contributed by atoms with Crippen LogP contribution >= 0.6 is 0 Å². The van der Waals surface area contributed by atoms with Gasteiger partial charge in [0, 0.05) is 29.5 Å². The minimum Gasteiger partial charge on any atom is -0.455 e. The number of fused-ring (bicyclic) bond motifs is 3. The monoisotopic (exact) mass is 524 g/mol. The summed E-state index contributed by atoms with van der Waals surface area (Å²) in [6.45, 7) is 12.9. The lowest BCUT2D eigenvalue weighted by Gasteiger charge is -2.20. The topological polar surface area (TPSA) is 26.0 Å². The summed E-state index contributed by atoms with van der Waals surface area (Å²) >= 11 is 0. The largest absolute Gasteiger partial charge is 0.455 e. The maximum Gasteiger partial charge on any atom is 0.144 e. The van der Waals surface area contributed by atoms with Crippen molar-refractivity contribution in [1.29, 1.82) is 0 Å². The predicted octanol–water partition coefficient (Wildman–Crippen LogP) is 11.4. The first-order chi connectivity index (χ1) is 19.6. The quantitative estimate of drug-likeness (QED) is 0.216. The molecule has 2 heterocycles. The molecule has 2 heteroatoms. The van der Waals surface area contributed by atoms with Gasteiger partial charge in [0.25, 0.3) is 0 Å². The minimum absolute atomic E-state index is 0.395. The highest BCUT2D eigenvalue weighted by Gasteiger charge is 2.20. The van der Waals surface area contributed by atoms with Gasteiger partial charge in [0.15, 0.2) is 0 Å². The van der Waals surface area contributed by atoms with Crippen molar-refractivity contribution < 1.29 is 5.79 Å². The molecule has 40 heavy (non-hydrogen) atoms. The summed E-state index contributed by atoms with van der Waals surface area (Å²) in [5.41, 5.74) is 11.7. The lowest BCUT2D eigenvalue weighted by Crippen LogP contribution is -2.00. The highest BCUT2D eigenvalue weighted by atomic mass is 16.3. The molecule has 0 amide bonds. The Morgan fingerprint density at radius 2 is 1.30 bits per heavy atom. The summed E-state index contributed by atoms with van der Waals surface area (Å²) in [4.78, 5) is 4.89. The molecule has 0 saturated carbocycles. The highest BCUT2D eigenvalue weighted by molar-refractivity contribution is 6.13. The van der Waals surface area contributed by atoms with Crippen molar-refractivity contribution in [3.8, 4) is 33.5 Å². The van der Waals surface area contributed by atoms with E-state index < -0.39 is 5.89 Å². The lowest BCUT2D eigenvalue weighted by atomic mass is 9.85. The summed E-state index contributed by atoms with van der Waals surface area (Å²) in [5.74, 6) is 0.00783. The van der Waals surface area contributed by atoms with Crippen molar-refractivity contribution in [1.82, 2.24) is 4.98 Å². The lowest BCUT2D eigenvalue weighted by molar-refractivity contribution is 0.670. The predicted molar refractivity (Wildman–Crippen MR) is 170 cm³/mol. The van der Waals surface area contributed by atoms with E-state index in [4.69, 9.17) is 10.8 Å². The van der Waals surface area contributed by atoms with Crippen molar-refractivity contribution in [2.24, 2.45) is 0 Å². The molecule has 2 aromatic heterocycles. The van der Waals surface area contributed by atoms with E-state index in [0.717, 1.165) is 55.4 Å². The van der Waals surface area contributed by atoms with Crippen LogP contribution in [0.1, 0.15) is 77.3 Å². The van der Waals surface area contributed by atoms with E-state index >= 15 is 0 Å². The first-order valence-electron chi connectivity index (χ1n) is 14.8. The molecule has 4 aromatic carbocycles. The number of para-hydroxylation sites is 1. The van der Waals surface area contributed by atoms with Crippen LogP contribution in [0.3, 0.4) is 0 Å². The molecule has 0 aliphatic rings. The van der Waals surface area contributed by atoms with Crippen LogP contribution in [0.4, 0.5) is 0 Å². The Kier molecular flexibility index (Phi) is 6.48. The zero-order chi connectivity index (χ0) is 28.9. The van der Waals surface area contributed by atoms with E-state index in [9.17, 15) is 0 Å². The van der Waals surface area contributed by atoms with Gasteiger partial charge in [-0.15, -0.1) is 0 Å². The van der Waals surface area contributed by atoms with Gasteiger partial charge >= 0.3 is 0 Å². The second-order valence-corrected chi connectivity index (χ2v) is 11.6. The van der Waals surface area contributed by atoms with Gasteiger partial charge in [0.1, 0.15) is 11.2 Å². The molecule has 0 aliphatic carbocycles. The zero-order valence-electron chi connectivity index (χ0n) is 25.2. The number of benzene rings is 4. The van der Waals surface area contributed by atoms with E-state index in [2.05, 4.69) is 113 Å². The smallest absolute Gasteiger partial charge is 0.144 e. The first-order valence-corrected chi connectivity index (χ1v) is 14.3. The Balaban J connectivity index is 1.64. The normalized spacial score (nSPS) is 12.6. The van der Waals surface area contributed by atoms with E-state index in [0.29, 0.717) is 11.8 Å². The molecule has 0 bridgehead atoms. The van der Waals surface area contributed by atoms with Crippen LogP contribution in [0.25, 0.3) is 55.4 Å². The summed E-state index contributed by atoms with van der Waals surface area (Å²) in [6.07, 6.45) is 1.91. The molecule has 0 N–H and O–H groups in total. The maximum atomic E-state index is 8.92. The number of rotatable bonds is 6. The number of furan rings is 1. The maximum absolute atomic E-state index is 8.92. The fourth-order valence-corrected chi connectivity index (χ4v) is 5.84. The molecule has 6 rings (SSSR count). The third-order valence-corrected chi connectivity index (χ3v) is 7.96. The van der Waals surface area contributed by atoms with Crippen LogP contribution < -0.4 is 0 Å². The molecule has 6 aromatic rings. The van der Waals surface area contributed by atoms with Gasteiger partial charge in [-0.2, -0.15) is 0 Å². The van der Waals surface area contributed by atoms with Crippen molar-refractivity contribution in [3.63, 3.8) is 0 Å². The van der Waals surface area contributed by atoms with E-state index in [-0.39, 0.29) is 0 Å². The molecule has 0 unspecified atom stereocenters. The second kappa shape index (κ2) is 10.4. The average molecular weight is 525 g/mol. The fraction of sp³-hybridized carbons (Fsp3) is 0.237. The van der Waals surface area contributed by atoms with Crippen LogP contribution in [0.2, 0.25) is 0 Å². The van der Waals surface area contributed by atoms with E-state index in [1.807, 2.05) is 26.1 Å². The van der Waals surface area contributed by atoms with Crippen molar-refractivity contribution >= 4 is 21.9 Å². The second-order valence-electron chi connectivity index (χ2n) is 11.6. The molecular weight excluding hydrogens is 486 g/mol. The van der Waals surface area contributed by atoms with Crippen molar-refractivity contribution in [3.05, 3.63) is 114 Å². The Hall–Kier alpha value is -4.17. The highest BCUT2D eigenvalue weighted by Crippen LogP contribution is 2.43. The van der Waals surface area contributed by atoms with Crippen molar-refractivity contribution in [2.45, 2.75) is 59.3 Å². The summed E-state index contributed by atoms with van der Waals surface area (Å²) in [6, 6.07) is 31.9.